The molecule has 118 valence electrons. The van der Waals surface area contributed by atoms with Gasteiger partial charge in [-0.2, -0.15) is 5.10 Å². The summed E-state index contributed by atoms with van der Waals surface area (Å²) in [5, 5.41) is 8.78. The highest BCUT2D eigenvalue weighted by molar-refractivity contribution is 7.10. The highest BCUT2D eigenvalue weighted by Gasteiger charge is 2.19. The lowest BCUT2D eigenvalue weighted by atomic mass is 10.1. The molecule has 2 aromatic heterocycles. The van der Waals surface area contributed by atoms with Crippen molar-refractivity contribution in [1.82, 2.24) is 20.1 Å². The van der Waals surface area contributed by atoms with Gasteiger partial charge in [-0.1, -0.05) is 6.07 Å². The average molecular weight is 322 g/mol. The number of carbonyl (C=O) groups is 2. The Morgan fingerprint density at radius 1 is 1.50 bits per heavy atom. The van der Waals surface area contributed by atoms with Gasteiger partial charge >= 0.3 is 5.97 Å². The van der Waals surface area contributed by atoms with Crippen molar-refractivity contribution in [3.63, 3.8) is 0 Å². The van der Waals surface area contributed by atoms with E-state index in [4.69, 9.17) is 0 Å². The molecule has 1 amide bonds. The van der Waals surface area contributed by atoms with Gasteiger partial charge in [0.05, 0.1) is 19.6 Å². The van der Waals surface area contributed by atoms with Crippen molar-refractivity contribution in [3.05, 3.63) is 35.0 Å². The fourth-order valence-corrected chi connectivity index (χ4v) is 2.76. The lowest BCUT2D eigenvalue weighted by Gasteiger charge is -2.16. The number of thiophene rings is 1. The molecule has 0 aliphatic carbocycles. The largest absolute Gasteiger partial charge is 0.469 e. The number of rotatable bonds is 8. The monoisotopic (exact) mass is 322 g/mol. The molecule has 1 N–H and O–H groups in total. The molecule has 0 unspecified atom stereocenters. The van der Waals surface area contributed by atoms with Crippen LogP contribution in [0, 0.1) is 0 Å². The predicted octanol–water partition coefficient (Wildman–Crippen LogP) is 1.54. The zero-order chi connectivity index (χ0) is 15.8. The van der Waals surface area contributed by atoms with Crippen LogP contribution in [0.15, 0.2) is 30.2 Å². The summed E-state index contributed by atoms with van der Waals surface area (Å²) in [6, 6.07) is 3.45. The molecule has 0 saturated carbocycles. The van der Waals surface area contributed by atoms with Crippen LogP contribution < -0.4 is 5.32 Å². The standard InChI is InChI=1S/C14H18N4O3S/c1-21-14(20)8-11(12-4-3-7-22-12)17-13(19)5-2-6-18-10-15-9-16-18/h3-4,7,9-11H,2,5-6,8H2,1H3,(H,17,19)/t11-/m1/s1. The number of aryl methyl sites for hydroxylation is 1. The summed E-state index contributed by atoms with van der Waals surface area (Å²) in [6.45, 7) is 0.633. The zero-order valence-corrected chi connectivity index (χ0v) is 13.1. The second kappa shape index (κ2) is 8.28. The zero-order valence-electron chi connectivity index (χ0n) is 12.3. The third-order valence-corrected chi connectivity index (χ3v) is 4.06. The number of nitrogens with zero attached hydrogens (tertiary/aromatic N) is 3. The molecule has 0 spiro atoms. The van der Waals surface area contributed by atoms with Crippen molar-refractivity contribution in [2.24, 2.45) is 0 Å². The molecule has 0 aromatic carbocycles. The Bertz CT molecular complexity index is 583. The van der Waals surface area contributed by atoms with Gasteiger partial charge in [-0.25, -0.2) is 4.98 Å². The second-order valence-electron chi connectivity index (χ2n) is 4.68. The van der Waals surface area contributed by atoms with Crippen molar-refractivity contribution in [1.29, 1.82) is 0 Å². The second-order valence-corrected chi connectivity index (χ2v) is 5.66. The first kappa shape index (κ1) is 16.2. The number of amides is 1. The van der Waals surface area contributed by atoms with Gasteiger partial charge < -0.3 is 10.1 Å². The van der Waals surface area contributed by atoms with Gasteiger partial charge in [-0.05, 0) is 17.9 Å². The van der Waals surface area contributed by atoms with Crippen LogP contribution in [0.4, 0.5) is 0 Å². The number of hydrogen-bond donors (Lipinski definition) is 1. The quantitative estimate of drug-likeness (QED) is 0.745. The number of ether oxygens (including phenoxy) is 1. The minimum atomic E-state index is -0.346. The molecule has 0 saturated heterocycles. The van der Waals surface area contributed by atoms with Crippen LogP contribution in [0.5, 0.6) is 0 Å². The van der Waals surface area contributed by atoms with Gasteiger partial charge in [-0.15, -0.1) is 11.3 Å². The Balaban J connectivity index is 1.83. The molecule has 0 aliphatic rings. The summed E-state index contributed by atoms with van der Waals surface area (Å²) in [6.07, 6.45) is 4.23. The number of esters is 1. The van der Waals surface area contributed by atoms with E-state index in [1.165, 1.54) is 24.8 Å². The number of hydrogen-bond acceptors (Lipinski definition) is 6. The van der Waals surface area contributed by atoms with E-state index in [1.807, 2.05) is 17.5 Å². The first-order valence-corrected chi connectivity index (χ1v) is 7.79. The molecular weight excluding hydrogens is 304 g/mol. The van der Waals surface area contributed by atoms with Crippen LogP contribution in [0.25, 0.3) is 0 Å². The van der Waals surface area contributed by atoms with E-state index in [-0.39, 0.29) is 24.3 Å². The van der Waals surface area contributed by atoms with Gasteiger partial charge in [0.2, 0.25) is 5.91 Å². The Labute approximate surface area is 132 Å². The van der Waals surface area contributed by atoms with Crippen LogP contribution >= 0.6 is 11.3 Å². The molecule has 0 fully saturated rings. The first-order chi connectivity index (χ1) is 10.7. The van der Waals surface area contributed by atoms with Crippen LogP contribution in [0.3, 0.4) is 0 Å². The maximum atomic E-state index is 12.0. The van der Waals surface area contributed by atoms with E-state index in [1.54, 1.807) is 11.0 Å². The van der Waals surface area contributed by atoms with Crippen molar-refractivity contribution >= 4 is 23.2 Å². The molecule has 0 bridgehead atoms. The summed E-state index contributed by atoms with van der Waals surface area (Å²) in [5.41, 5.74) is 0. The normalized spacial score (nSPS) is 11.9. The smallest absolute Gasteiger partial charge is 0.307 e. The van der Waals surface area contributed by atoms with E-state index in [2.05, 4.69) is 20.1 Å². The average Bonchev–Trinajstić information content (AvgIpc) is 3.19. The number of aromatic nitrogens is 3. The molecule has 0 radical (unpaired) electrons. The molecule has 7 nitrogen and oxygen atoms in total. The van der Waals surface area contributed by atoms with Crippen LogP contribution in [0.1, 0.15) is 30.2 Å². The molecule has 2 aromatic rings. The van der Waals surface area contributed by atoms with E-state index in [9.17, 15) is 9.59 Å². The minimum Gasteiger partial charge on any atom is -0.469 e. The maximum absolute atomic E-state index is 12.0. The van der Waals surface area contributed by atoms with Gasteiger partial charge in [0, 0.05) is 17.8 Å². The van der Waals surface area contributed by atoms with Crippen molar-refractivity contribution in [2.75, 3.05) is 7.11 Å². The summed E-state index contributed by atoms with van der Waals surface area (Å²) in [5.74, 6) is -0.441. The Hall–Kier alpha value is -2.22. The Morgan fingerprint density at radius 2 is 2.36 bits per heavy atom. The van der Waals surface area contributed by atoms with E-state index in [0.29, 0.717) is 19.4 Å². The molecule has 2 heterocycles. The highest BCUT2D eigenvalue weighted by Crippen LogP contribution is 2.22. The molecule has 2 rings (SSSR count). The fourth-order valence-electron chi connectivity index (χ4n) is 1.98. The number of carbonyl (C=O) groups excluding carboxylic acids is 2. The van der Waals surface area contributed by atoms with E-state index >= 15 is 0 Å². The molecule has 22 heavy (non-hydrogen) atoms. The summed E-state index contributed by atoms with van der Waals surface area (Å²) < 4.78 is 6.37. The maximum Gasteiger partial charge on any atom is 0.307 e. The predicted molar refractivity (Wildman–Crippen MR) is 81.1 cm³/mol. The number of methoxy groups -OCH3 is 1. The van der Waals surface area contributed by atoms with Gasteiger partial charge in [0.25, 0.3) is 0 Å². The van der Waals surface area contributed by atoms with Crippen molar-refractivity contribution in [2.45, 2.75) is 31.8 Å². The SMILES string of the molecule is COC(=O)C[C@@H](NC(=O)CCCn1cncn1)c1cccs1. The van der Waals surface area contributed by atoms with E-state index in [0.717, 1.165) is 4.88 Å². The van der Waals surface area contributed by atoms with Crippen LogP contribution in [0.2, 0.25) is 0 Å². The lowest BCUT2D eigenvalue weighted by Crippen LogP contribution is -2.30. The molecule has 0 aliphatic heterocycles. The summed E-state index contributed by atoms with van der Waals surface area (Å²) >= 11 is 1.50. The Kier molecular flexibility index (Phi) is 6.08. The molecule has 1 atom stereocenters. The fraction of sp³-hybridized carbons (Fsp3) is 0.429. The number of nitrogens with one attached hydrogen (secondary N) is 1. The van der Waals surface area contributed by atoms with Crippen molar-refractivity contribution in [3.8, 4) is 0 Å². The highest BCUT2D eigenvalue weighted by atomic mass is 32.1. The third-order valence-electron chi connectivity index (χ3n) is 3.08. The summed E-state index contributed by atoms with van der Waals surface area (Å²) in [4.78, 5) is 28.3. The van der Waals surface area contributed by atoms with Crippen molar-refractivity contribution < 1.29 is 14.3 Å². The van der Waals surface area contributed by atoms with E-state index < -0.39 is 0 Å². The van der Waals surface area contributed by atoms with Gasteiger partial charge in [-0.3, -0.25) is 14.3 Å². The molecule has 8 heteroatoms. The van der Waals surface area contributed by atoms with Gasteiger partial charge in [0.1, 0.15) is 12.7 Å². The Morgan fingerprint density at radius 3 is 3.00 bits per heavy atom. The van der Waals surface area contributed by atoms with Crippen LogP contribution in [-0.2, 0) is 20.9 Å². The summed E-state index contributed by atoms with van der Waals surface area (Å²) in [7, 11) is 1.34. The lowest BCUT2D eigenvalue weighted by molar-refractivity contribution is -0.141. The third kappa shape index (κ3) is 4.96. The van der Waals surface area contributed by atoms with Crippen LogP contribution in [-0.4, -0.2) is 33.8 Å². The topological polar surface area (TPSA) is 86.1 Å². The molecular formula is C14H18N4O3S. The first-order valence-electron chi connectivity index (χ1n) is 6.91. The minimum absolute atomic E-state index is 0.0950. The van der Waals surface area contributed by atoms with Gasteiger partial charge in [0.15, 0.2) is 0 Å².